The molecule has 1 aromatic carbocycles. The number of nitrogens with one attached hydrogen (secondary N) is 2. The number of aromatic nitrogens is 1. The zero-order valence-electron chi connectivity index (χ0n) is 9.09. The summed E-state index contributed by atoms with van der Waals surface area (Å²) in [4.78, 5) is 3.31. The highest BCUT2D eigenvalue weighted by atomic mass is 35.5. The standard InChI is InChI=1S/C13H15ClN2/c14-11-4-1-5-12-13(11)10(8-16-12)9-3-2-6-15-7-9/h1,4-5,8-9,15-16H,2-3,6-7H2. The normalized spacial score (nSPS) is 21.4. The van der Waals surface area contributed by atoms with E-state index in [4.69, 9.17) is 11.6 Å². The van der Waals surface area contributed by atoms with Crippen LogP contribution < -0.4 is 5.32 Å². The predicted octanol–water partition coefficient (Wildman–Crippen LogP) is 3.29. The SMILES string of the molecule is Clc1cccc2[nH]cc(C3CCCNC3)c12. The Kier molecular flexibility index (Phi) is 2.62. The second-order valence-corrected chi connectivity index (χ2v) is 4.86. The number of benzene rings is 1. The maximum Gasteiger partial charge on any atom is 0.0502 e. The van der Waals surface area contributed by atoms with Gasteiger partial charge in [-0.1, -0.05) is 17.7 Å². The average Bonchev–Trinajstić information content (AvgIpc) is 2.75. The molecule has 1 fully saturated rings. The van der Waals surface area contributed by atoms with Crippen molar-refractivity contribution in [3.05, 3.63) is 35.0 Å². The molecule has 2 nitrogen and oxygen atoms in total. The van der Waals surface area contributed by atoms with Crippen LogP contribution >= 0.6 is 11.6 Å². The van der Waals surface area contributed by atoms with Crippen molar-refractivity contribution in [2.75, 3.05) is 13.1 Å². The minimum Gasteiger partial charge on any atom is -0.361 e. The fraction of sp³-hybridized carbons (Fsp3) is 0.385. The van der Waals surface area contributed by atoms with Gasteiger partial charge in [-0.25, -0.2) is 0 Å². The van der Waals surface area contributed by atoms with E-state index in [1.165, 1.54) is 23.8 Å². The number of aromatic amines is 1. The first-order chi connectivity index (χ1) is 7.86. The van der Waals surface area contributed by atoms with Gasteiger partial charge in [-0.15, -0.1) is 0 Å². The Morgan fingerprint density at radius 3 is 3.06 bits per heavy atom. The molecule has 84 valence electrons. The second-order valence-electron chi connectivity index (χ2n) is 4.45. The lowest BCUT2D eigenvalue weighted by Gasteiger charge is -2.22. The smallest absolute Gasteiger partial charge is 0.0502 e. The van der Waals surface area contributed by atoms with E-state index in [0.29, 0.717) is 5.92 Å². The van der Waals surface area contributed by atoms with Gasteiger partial charge in [0.2, 0.25) is 0 Å². The zero-order valence-corrected chi connectivity index (χ0v) is 9.85. The highest BCUT2D eigenvalue weighted by molar-refractivity contribution is 6.35. The molecule has 2 heterocycles. The van der Waals surface area contributed by atoms with Crippen LogP contribution in [0.1, 0.15) is 24.3 Å². The van der Waals surface area contributed by atoms with Crippen molar-refractivity contribution in [2.45, 2.75) is 18.8 Å². The Balaban J connectivity index is 2.09. The molecule has 3 heteroatoms. The highest BCUT2D eigenvalue weighted by Gasteiger charge is 2.19. The fourth-order valence-corrected chi connectivity index (χ4v) is 2.89. The van der Waals surface area contributed by atoms with Crippen molar-refractivity contribution in [1.82, 2.24) is 10.3 Å². The van der Waals surface area contributed by atoms with Crippen LogP contribution in [-0.2, 0) is 0 Å². The van der Waals surface area contributed by atoms with Crippen molar-refractivity contribution in [2.24, 2.45) is 0 Å². The molecule has 2 N–H and O–H groups in total. The number of hydrogen-bond acceptors (Lipinski definition) is 1. The zero-order chi connectivity index (χ0) is 11.0. The molecule has 1 aromatic heterocycles. The van der Waals surface area contributed by atoms with E-state index in [2.05, 4.69) is 22.6 Å². The van der Waals surface area contributed by atoms with E-state index in [-0.39, 0.29) is 0 Å². The molecule has 0 amide bonds. The molecule has 0 aliphatic carbocycles. The third kappa shape index (κ3) is 1.62. The third-order valence-electron chi connectivity index (χ3n) is 3.42. The molecule has 1 saturated heterocycles. The van der Waals surface area contributed by atoms with Crippen LogP contribution in [0.15, 0.2) is 24.4 Å². The first-order valence-electron chi connectivity index (χ1n) is 5.82. The Morgan fingerprint density at radius 1 is 1.31 bits per heavy atom. The minimum absolute atomic E-state index is 0.599. The molecule has 0 saturated carbocycles. The van der Waals surface area contributed by atoms with Crippen LogP contribution in [0.25, 0.3) is 10.9 Å². The number of hydrogen-bond donors (Lipinski definition) is 2. The molecule has 1 unspecified atom stereocenters. The van der Waals surface area contributed by atoms with Gasteiger partial charge in [-0.3, -0.25) is 0 Å². The van der Waals surface area contributed by atoms with Crippen molar-refractivity contribution >= 4 is 22.5 Å². The van der Waals surface area contributed by atoms with E-state index >= 15 is 0 Å². The molecule has 16 heavy (non-hydrogen) atoms. The maximum absolute atomic E-state index is 6.28. The Morgan fingerprint density at radius 2 is 2.25 bits per heavy atom. The van der Waals surface area contributed by atoms with Gasteiger partial charge in [0.25, 0.3) is 0 Å². The Hall–Kier alpha value is -0.990. The van der Waals surface area contributed by atoms with Gasteiger partial charge in [0, 0.05) is 23.6 Å². The summed E-state index contributed by atoms with van der Waals surface area (Å²) < 4.78 is 0. The van der Waals surface area contributed by atoms with Crippen LogP contribution in [0.4, 0.5) is 0 Å². The van der Waals surface area contributed by atoms with Crippen molar-refractivity contribution < 1.29 is 0 Å². The first-order valence-corrected chi connectivity index (χ1v) is 6.20. The lowest BCUT2D eigenvalue weighted by atomic mass is 9.91. The van der Waals surface area contributed by atoms with Crippen LogP contribution in [0.2, 0.25) is 5.02 Å². The number of fused-ring (bicyclic) bond motifs is 1. The number of rotatable bonds is 1. The molecule has 1 aliphatic heterocycles. The molecular formula is C13H15ClN2. The van der Waals surface area contributed by atoms with Gasteiger partial charge in [-0.2, -0.15) is 0 Å². The topological polar surface area (TPSA) is 27.8 Å². The largest absolute Gasteiger partial charge is 0.361 e. The third-order valence-corrected chi connectivity index (χ3v) is 3.74. The fourth-order valence-electron chi connectivity index (χ4n) is 2.60. The Labute approximate surface area is 100.0 Å². The maximum atomic E-state index is 6.28. The van der Waals surface area contributed by atoms with Crippen LogP contribution in [0.3, 0.4) is 0 Å². The van der Waals surface area contributed by atoms with Crippen LogP contribution in [0.5, 0.6) is 0 Å². The first kappa shape index (κ1) is 10.2. The lowest BCUT2D eigenvalue weighted by molar-refractivity contribution is 0.463. The number of H-pyrrole nitrogens is 1. The summed E-state index contributed by atoms with van der Waals surface area (Å²) in [5.74, 6) is 0.599. The molecule has 0 bridgehead atoms. The van der Waals surface area contributed by atoms with Gasteiger partial charge < -0.3 is 10.3 Å². The van der Waals surface area contributed by atoms with E-state index in [1.54, 1.807) is 0 Å². The predicted molar refractivity (Wildman–Crippen MR) is 68.2 cm³/mol. The molecule has 1 atom stereocenters. The second kappa shape index (κ2) is 4.11. The van der Waals surface area contributed by atoms with E-state index in [9.17, 15) is 0 Å². The summed E-state index contributed by atoms with van der Waals surface area (Å²) in [6, 6.07) is 6.04. The summed E-state index contributed by atoms with van der Waals surface area (Å²) in [5.41, 5.74) is 2.51. The van der Waals surface area contributed by atoms with Gasteiger partial charge in [0.15, 0.2) is 0 Å². The van der Waals surface area contributed by atoms with E-state index in [1.807, 2.05) is 12.1 Å². The molecule has 2 aromatic rings. The van der Waals surface area contributed by atoms with E-state index in [0.717, 1.165) is 23.6 Å². The van der Waals surface area contributed by atoms with Gasteiger partial charge in [-0.05, 0) is 43.0 Å². The molecular weight excluding hydrogens is 220 g/mol. The molecule has 3 rings (SSSR count). The average molecular weight is 235 g/mol. The monoisotopic (exact) mass is 234 g/mol. The molecule has 0 radical (unpaired) electrons. The Bertz CT molecular complexity index is 498. The molecule has 0 spiro atoms. The summed E-state index contributed by atoms with van der Waals surface area (Å²) in [7, 11) is 0. The van der Waals surface area contributed by atoms with E-state index < -0.39 is 0 Å². The summed E-state index contributed by atoms with van der Waals surface area (Å²) >= 11 is 6.28. The summed E-state index contributed by atoms with van der Waals surface area (Å²) in [6.45, 7) is 2.21. The van der Waals surface area contributed by atoms with Gasteiger partial charge in [0.05, 0.1) is 5.02 Å². The number of piperidine rings is 1. The van der Waals surface area contributed by atoms with Gasteiger partial charge in [0.1, 0.15) is 0 Å². The van der Waals surface area contributed by atoms with Crippen LogP contribution in [-0.4, -0.2) is 18.1 Å². The molecule has 1 aliphatic rings. The lowest BCUT2D eigenvalue weighted by Crippen LogP contribution is -2.28. The van der Waals surface area contributed by atoms with Crippen LogP contribution in [0, 0.1) is 0 Å². The number of halogens is 1. The summed E-state index contributed by atoms with van der Waals surface area (Å²) in [5, 5.41) is 5.52. The summed E-state index contributed by atoms with van der Waals surface area (Å²) in [6.07, 6.45) is 4.63. The van der Waals surface area contributed by atoms with Crippen molar-refractivity contribution in [1.29, 1.82) is 0 Å². The van der Waals surface area contributed by atoms with Gasteiger partial charge >= 0.3 is 0 Å². The quantitative estimate of drug-likeness (QED) is 0.779. The minimum atomic E-state index is 0.599. The van der Waals surface area contributed by atoms with Crippen molar-refractivity contribution in [3.8, 4) is 0 Å². The highest BCUT2D eigenvalue weighted by Crippen LogP contribution is 2.33. The van der Waals surface area contributed by atoms with Crippen molar-refractivity contribution in [3.63, 3.8) is 0 Å².